The standard InChI is InChI=1S/C22H30N4O2/c1-21(2,3)20-24-17-16(18(27)25-20)7-8-22(17)9-12-26(13-10-22)14-15-6-5-11-23-19(15)28-4/h5-6,11H,7-10,12-14H2,1-4H3,(H,24,25,27). The number of pyridine rings is 1. The molecule has 1 aliphatic heterocycles. The molecule has 0 atom stereocenters. The van der Waals surface area contributed by atoms with E-state index in [-0.39, 0.29) is 16.4 Å². The van der Waals surface area contributed by atoms with Gasteiger partial charge in [0.15, 0.2) is 0 Å². The van der Waals surface area contributed by atoms with Crippen molar-refractivity contribution >= 4 is 0 Å². The first-order valence-corrected chi connectivity index (χ1v) is 10.2. The first-order chi connectivity index (χ1) is 13.3. The molecule has 28 heavy (non-hydrogen) atoms. The molecule has 4 rings (SSSR count). The van der Waals surface area contributed by atoms with Crippen LogP contribution in [0.25, 0.3) is 0 Å². The van der Waals surface area contributed by atoms with E-state index in [2.05, 4.69) is 41.7 Å². The van der Waals surface area contributed by atoms with Crippen LogP contribution in [0.5, 0.6) is 5.88 Å². The fraction of sp³-hybridized carbons (Fsp3) is 0.591. The van der Waals surface area contributed by atoms with E-state index in [9.17, 15) is 4.79 Å². The molecule has 0 saturated carbocycles. The Hall–Kier alpha value is -2.21. The van der Waals surface area contributed by atoms with E-state index in [0.717, 1.165) is 68.0 Å². The number of methoxy groups -OCH3 is 1. The summed E-state index contributed by atoms with van der Waals surface area (Å²) in [5.74, 6) is 1.51. The Morgan fingerprint density at radius 1 is 1.25 bits per heavy atom. The number of nitrogens with zero attached hydrogens (tertiary/aromatic N) is 3. The molecule has 6 nitrogen and oxygen atoms in total. The highest BCUT2D eigenvalue weighted by Crippen LogP contribution is 2.44. The van der Waals surface area contributed by atoms with Gasteiger partial charge in [-0.15, -0.1) is 0 Å². The van der Waals surface area contributed by atoms with Crippen LogP contribution >= 0.6 is 0 Å². The highest BCUT2D eigenvalue weighted by atomic mass is 16.5. The van der Waals surface area contributed by atoms with Gasteiger partial charge in [-0.05, 0) is 44.8 Å². The van der Waals surface area contributed by atoms with Gasteiger partial charge in [0, 0.05) is 34.7 Å². The number of H-pyrrole nitrogens is 1. The van der Waals surface area contributed by atoms with Crippen LogP contribution in [0.2, 0.25) is 0 Å². The van der Waals surface area contributed by atoms with Crippen LogP contribution in [0, 0.1) is 0 Å². The Kier molecular flexibility index (Phi) is 4.78. The van der Waals surface area contributed by atoms with Crippen LogP contribution in [-0.2, 0) is 23.8 Å². The second-order valence-electron chi connectivity index (χ2n) is 9.22. The fourth-order valence-corrected chi connectivity index (χ4v) is 4.60. The van der Waals surface area contributed by atoms with E-state index in [1.165, 1.54) is 0 Å². The highest BCUT2D eigenvalue weighted by Gasteiger charge is 2.44. The molecular weight excluding hydrogens is 352 g/mol. The smallest absolute Gasteiger partial charge is 0.254 e. The lowest BCUT2D eigenvalue weighted by Gasteiger charge is -2.39. The number of rotatable bonds is 3. The Balaban J connectivity index is 1.55. The molecule has 0 unspecified atom stereocenters. The molecule has 150 valence electrons. The molecule has 0 radical (unpaired) electrons. The van der Waals surface area contributed by atoms with Gasteiger partial charge in [-0.3, -0.25) is 9.69 Å². The van der Waals surface area contributed by atoms with E-state index >= 15 is 0 Å². The molecule has 3 heterocycles. The molecule has 0 bridgehead atoms. The molecule has 2 aliphatic rings. The van der Waals surface area contributed by atoms with Crippen molar-refractivity contribution in [1.82, 2.24) is 19.9 Å². The van der Waals surface area contributed by atoms with Gasteiger partial charge < -0.3 is 9.72 Å². The van der Waals surface area contributed by atoms with Gasteiger partial charge in [-0.2, -0.15) is 0 Å². The van der Waals surface area contributed by atoms with Gasteiger partial charge in [0.25, 0.3) is 5.56 Å². The first-order valence-electron chi connectivity index (χ1n) is 10.2. The van der Waals surface area contributed by atoms with Crippen molar-refractivity contribution < 1.29 is 4.74 Å². The summed E-state index contributed by atoms with van der Waals surface area (Å²) in [6, 6.07) is 4.04. The fourth-order valence-electron chi connectivity index (χ4n) is 4.60. The Labute approximate surface area is 166 Å². The van der Waals surface area contributed by atoms with E-state index in [4.69, 9.17) is 9.72 Å². The molecule has 6 heteroatoms. The first kappa shape index (κ1) is 19.1. The summed E-state index contributed by atoms with van der Waals surface area (Å²) in [6.07, 6.45) is 5.73. The van der Waals surface area contributed by atoms with Gasteiger partial charge in [-0.1, -0.05) is 26.8 Å². The van der Waals surface area contributed by atoms with Crippen LogP contribution in [0.15, 0.2) is 23.1 Å². The monoisotopic (exact) mass is 382 g/mol. The third-order valence-corrected chi connectivity index (χ3v) is 6.33. The second-order valence-corrected chi connectivity index (χ2v) is 9.22. The third-order valence-electron chi connectivity index (χ3n) is 6.33. The number of nitrogens with one attached hydrogen (secondary N) is 1. The lowest BCUT2D eigenvalue weighted by Crippen LogP contribution is -2.42. The van der Waals surface area contributed by atoms with Crippen LogP contribution in [-0.4, -0.2) is 40.1 Å². The summed E-state index contributed by atoms with van der Waals surface area (Å²) in [5, 5.41) is 0. The van der Waals surface area contributed by atoms with Crippen molar-refractivity contribution in [3.05, 3.63) is 51.3 Å². The lowest BCUT2D eigenvalue weighted by atomic mass is 9.76. The second kappa shape index (κ2) is 6.99. The molecule has 0 amide bonds. The molecule has 1 fully saturated rings. The minimum atomic E-state index is -0.157. The minimum absolute atomic E-state index is 0.0547. The zero-order valence-corrected chi connectivity index (χ0v) is 17.3. The molecule has 0 aromatic carbocycles. The van der Waals surface area contributed by atoms with E-state index in [1.54, 1.807) is 13.3 Å². The van der Waals surface area contributed by atoms with E-state index in [1.807, 2.05) is 6.07 Å². The van der Waals surface area contributed by atoms with Gasteiger partial charge in [0.05, 0.1) is 12.8 Å². The molecule has 1 saturated heterocycles. The highest BCUT2D eigenvalue weighted by molar-refractivity contribution is 5.34. The molecule has 1 spiro atoms. The SMILES string of the molecule is COc1ncccc1CN1CCC2(CCc3c2nc(C(C)(C)C)[nH]c3=O)CC1. The largest absolute Gasteiger partial charge is 0.481 e. The number of ether oxygens (including phenoxy) is 1. The van der Waals surface area contributed by atoms with Crippen LogP contribution < -0.4 is 10.3 Å². The zero-order valence-electron chi connectivity index (χ0n) is 17.3. The lowest BCUT2D eigenvalue weighted by molar-refractivity contribution is 0.148. The van der Waals surface area contributed by atoms with Crippen molar-refractivity contribution in [3.63, 3.8) is 0 Å². The number of fused-ring (bicyclic) bond motifs is 2. The molecule has 2 aromatic rings. The van der Waals surface area contributed by atoms with Crippen molar-refractivity contribution in [2.24, 2.45) is 0 Å². The molecule has 1 N–H and O–H groups in total. The third kappa shape index (κ3) is 3.34. The maximum absolute atomic E-state index is 12.7. The average Bonchev–Trinajstić information content (AvgIpc) is 3.02. The molecular formula is C22H30N4O2. The van der Waals surface area contributed by atoms with E-state index < -0.39 is 0 Å². The predicted octanol–water partition coefficient (Wildman–Crippen LogP) is 2.95. The van der Waals surface area contributed by atoms with E-state index in [0.29, 0.717) is 5.88 Å². The summed E-state index contributed by atoms with van der Waals surface area (Å²) < 4.78 is 5.40. The summed E-state index contributed by atoms with van der Waals surface area (Å²) >= 11 is 0. The zero-order chi connectivity index (χ0) is 19.9. The summed E-state index contributed by atoms with van der Waals surface area (Å²) in [5.41, 5.74) is 3.07. The van der Waals surface area contributed by atoms with Crippen molar-refractivity contribution in [2.45, 2.75) is 63.8 Å². The summed E-state index contributed by atoms with van der Waals surface area (Å²) in [6.45, 7) is 9.14. The number of hydrogen-bond donors (Lipinski definition) is 1. The normalized spacial score (nSPS) is 19.0. The molecule has 2 aromatic heterocycles. The number of likely N-dealkylation sites (tertiary alicyclic amines) is 1. The Morgan fingerprint density at radius 3 is 2.68 bits per heavy atom. The van der Waals surface area contributed by atoms with Crippen molar-refractivity contribution in [3.8, 4) is 5.88 Å². The van der Waals surface area contributed by atoms with Gasteiger partial charge in [0.2, 0.25) is 5.88 Å². The maximum Gasteiger partial charge on any atom is 0.254 e. The van der Waals surface area contributed by atoms with Crippen molar-refractivity contribution in [2.75, 3.05) is 20.2 Å². The van der Waals surface area contributed by atoms with Crippen LogP contribution in [0.3, 0.4) is 0 Å². The summed E-state index contributed by atoms with van der Waals surface area (Å²) in [7, 11) is 1.67. The Bertz CT molecular complexity index is 921. The van der Waals surface area contributed by atoms with Gasteiger partial charge in [0.1, 0.15) is 5.82 Å². The Morgan fingerprint density at radius 2 is 2.00 bits per heavy atom. The number of piperidine rings is 1. The van der Waals surface area contributed by atoms with Crippen LogP contribution in [0.1, 0.15) is 62.7 Å². The topological polar surface area (TPSA) is 71.1 Å². The molecule has 1 aliphatic carbocycles. The number of aromatic amines is 1. The van der Waals surface area contributed by atoms with Crippen molar-refractivity contribution in [1.29, 1.82) is 0 Å². The number of hydrogen-bond acceptors (Lipinski definition) is 5. The predicted molar refractivity (Wildman–Crippen MR) is 109 cm³/mol. The van der Waals surface area contributed by atoms with Crippen LogP contribution in [0.4, 0.5) is 0 Å². The van der Waals surface area contributed by atoms with Gasteiger partial charge >= 0.3 is 0 Å². The quantitative estimate of drug-likeness (QED) is 0.884. The summed E-state index contributed by atoms with van der Waals surface area (Å²) in [4.78, 5) is 27.4. The minimum Gasteiger partial charge on any atom is -0.481 e. The maximum atomic E-state index is 12.7. The average molecular weight is 383 g/mol. The number of aromatic nitrogens is 3. The van der Waals surface area contributed by atoms with Gasteiger partial charge in [-0.25, -0.2) is 9.97 Å².